The summed E-state index contributed by atoms with van der Waals surface area (Å²) >= 11 is 0. The summed E-state index contributed by atoms with van der Waals surface area (Å²) in [6.07, 6.45) is 0.292. The predicted molar refractivity (Wildman–Crippen MR) is 91.4 cm³/mol. The zero-order valence-corrected chi connectivity index (χ0v) is 14.2. The number of carbonyl (C=O) groups is 1. The summed E-state index contributed by atoms with van der Waals surface area (Å²) < 4.78 is 44.5. The summed E-state index contributed by atoms with van der Waals surface area (Å²) in [5.41, 5.74) is 0.458. The van der Waals surface area contributed by atoms with Crippen LogP contribution in [0.2, 0.25) is 0 Å². The van der Waals surface area contributed by atoms with Crippen molar-refractivity contribution in [1.82, 2.24) is 15.0 Å². The van der Waals surface area contributed by atoms with Crippen LogP contribution in [-0.2, 0) is 6.42 Å². The second-order valence-corrected chi connectivity index (χ2v) is 5.75. The Morgan fingerprint density at radius 2 is 1.81 bits per heavy atom. The zero-order valence-electron chi connectivity index (χ0n) is 14.2. The number of urea groups is 1. The third-order valence-corrected chi connectivity index (χ3v) is 3.75. The molecule has 0 bridgehead atoms. The highest BCUT2D eigenvalue weighted by Crippen LogP contribution is 2.18. The molecule has 0 atom stereocenters. The van der Waals surface area contributed by atoms with Crippen molar-refractivity contribution in [3.05, 3.63) is 65.7 Å². The first-order valence-corrected chi connectivity index (χ1v) is 7.98. The van der Waals surface area contributed by atoms with Crippen LogP contribution in [0.15, 0.2) is 47.0 Å². The highest BCUT2D eigenvalue weighted by atomic mass is 19.1. The molecule has 27 heavy (non-hydrogen) atoms. The maximum atomic E-state index is 13.6. The summed E-state index contributed by atoms with van der Waals surface area (Å²) in [4.78, 5) is 17.6. The van der Waals surface area contributed by atoms with Gasteiger partial charge in [0.05, 0.1) is 5.69 Å². The van der Waals surface area contributed by atoms with E-state index in [-0.39, 0.29) is 23.9 Å². The Kier molecular flexibility index (Phi) is 5.39. The molecule has 6 nitrogen and oxygen atoms in total. The van der Waals surface area contributed by atoms with Gasteiger partial charge in [0.15, 0.2) is 5.82 Å². The number of nitrogens with one attached hydrogen (secondary N) is 1. The van der Waals surface area contributed by atoms with Crippen LogP contribution in [0, 0.1) is 17.5 Å². The molecule has 1 heterocycles. The van der Waals surface area contributed by atoms with Crippen LogP contribution in [0.4, 0.5) is 23.7 Å². The van der Waals surface area contributed by atoms with Gasteiger partial charge in [0.2, 0.25) is 0 Å². The number of hydrogen-bond acceptors (Lipinski definition) is 4. The van der Waals surface area contributed by atoms with Gasteiger partial charge in [-0.15, -0.1) is 0 Å². The molecule has 9 heteroatoms. The van der Waals surface area contributed by atoms with E-state index in [9.17, 15) is 18.0 Å². The highest BCUT2D eigenvalue weighted by molar-refractivity contribution is 5.89. The lowest BCUT2D eigenvalue weighted by Crippen LogP contribution is -2.33. The Bertz CT molecular complexity index is 944. The van der Waals surface area contributed by atoms with E-state index in [1.807, 2.05) is 0 Å². The molecule has 2 aromatic carbocycles. The van der Waals surface area contributed by atoms with Gasteiger partial charge in [0, 0.05) is 31.6 Å². The molecule has 3 rings (SSSR count). The normalized spacial score (nSPS) is 10.7. The van der Waals surface area contributed by atoms with Crippen molar-refractivity contribution in [2.75, 3.05) is 18.9 Å². The average molecular weight is 376 g/mol. The van der Waals surface area contributed by atoms with Crippen LogP contribution in [0.1, 0.15) is 5.82 Å². The molecule has 0 aliphatic heterocycles. The fraction of sp³-hybridized carbons (Fsp3) is 0.167. The Morgan fingerprint density at radius 1 is 1.11 bits per heavy atom. The molecule has 0 fully saturated rings. The van der Waals surface area contributed by atoms with E-state index >= 15 is 0 Å². The number of halogens is 3. The zero-order chi connectivity index (χ0) is 19.4. The summed E-state index contributed by atoms with van der Waals surface area (Å²) in [5.74, 6) is -1.36. The second kappa shape index (κ2) is 7.90. The van der Waals surface area contributed by atoms with Crippen molar-refractivity contribution in [3.8, 4) is 11.5 Å². The van der Waals surface area contributed by atoms with Crippen molar-refractivity contribution in [2.45, 2.75) is 6.42 Å². The molecule has 1 N–H and O–H groups in total. The second-order valence-electron chi connectivity index (χ2n) is 5.75. The van der Waals surface area contributed by atoms with Crippen molar-refractivity contribution in [3.63, 3.8) is 0 Å². The van der Waals surface area contributed by atoms with Crippen molar-refractivity contribution < 1.29 is 22.5 Å². The maximum absolute atomic E-state index is 13.6. The fourth-order valence-corrected chi connectivity index (χ4v) is 2.24. The molecule has 0 aliphatic rings. The molecule has 0 saturated carbocycles. The van der Waals surface area contributed by atoms with Gasteiger partial charge in [-0.2, -0.15) is 4.98 Å². The molecule has 140 valence electrons. The van der Waals surface area contributed by atoms with Crippen LogP contribution in [0.5, 0.6) is 0 Å². The number of likely N-dealkylation sites (N-methyl/N-ethyl adjacent to an activating group) is 1. The van der Waals surface area contributed by atoms with E-state index in [4.69, 9.17) is 4.52 Å². The Morgan fingerprint density at radius 3 is 2.52 bits per heavy atom. The lowest BCUT2D eigenvalue weighted by molar-refractivity contribution is 0.222. The molecule has 1 aromatic heterocycles. The Labute approximate surface area is 152 Å². The number of amides is 2. The number of nitrogens with zero attached hydrogens (tertiary/aromatic N) is 3. The van der Waals surface area contributed by atoms with E-state index in [1.165, 1.54) is 36.2 Å². The molecule has 0 radical (unpaired) electrons. The van der Waals surface area contributed by atoms with Gasteiger partial charge in [0.1, 0.15) is 17.5 Å². The topological polar surface area (TPSA) is 71.3 Å². The molecule has 3 aromatic rings. The summed E-state index contributed by atoms with van der Waals surface area (Å²) in [7, 11) is 1.51. The lowest BCUT2D eigenvalue weighted by Gasteiger charge is -2.17. The quantitative estimate of drug-likeness (QED) is 0.734. The number of benzene rings is 2. The van der Waals surface area contributed by atoms with Gasteiger partial charge in [-0.1, -0.05) is 5.16 Å². The number of rotatable bonds is 5. The highest BCUT2D eigenvalue weighted by Gasteiger charge is 2.14. The molecule has 0 aliphatic carbocycles. The molecule has 0 unspecified atom stereocenters. The minimum Gasteiger partial charge on any atom is -0.334 e. The van der Waals surface area contributed by atoms with Gasteiger partial charge < -0.3 is 14.7 Å². The number of carbonyl (C=O) groups excluding carboxylic acids is 1. The smallest absolute Gasteiger partial charge is 0.321 e. The lowest BCUT2D eigenvalue weighted by atomic mass is 10.2. The molecule has 2 amide bonds. The summed E-state index contributed by atoms with van der Waals surface area (Å²) in [6, 6.07) is 7.92. The van der Waals surface area contributed by atoms with Crippen molar-refractivity contribution in [2.24, 2.45) is 0 Å². The summed E-state index contributed by atoms with van der Waals surface area (Å²) in [5, 5.41) is 6.17. The van der Waals surface area contributed by atoms with Crippen molar-refractivity contribution >= 4 is 11.7 Å². The van der Waals surface area contributed by atoms with Gasteiger partial charge in [0.25, 0.3) is 5.89 Å². The van der Waals surface area contributed by atoms with Crippen LogP contribution in [0.25, 0.3) is 11.5 Å². The van der Waals surface area contributed by atoms with Gasteiger partial charge >= 0.3 is 6.03 Å². The minimum absolute atomic E-state index is 0.119. The van der Waals surface area contributed by atoms with E-state index < -0.39 is 17.7 Å². The third-order valence-electron chi connectivity index (χ3n) is 3.75. The first kappa shape index (κ1) is 18.4. The maximum Gasteiger partial charge on any atom is 0.321 e. The van der Waals surface area contributed by atoms with E-state index in [2.05, 4.69) is 15.5 Å². The number of anilines is 1. The van der Waals surface area contributed by atoms with Crippen LogP contribution >= 0.6 is 0 Å². The Balaban J connectivity index is 1.56. The largest absolute Gasteiger partial charge is 0.334 e. The van der Waals surface area contributed by atoms with Crippen LogP contribution < -0.4 is 5.32 Å². The Hall–Kier alpha value is -3.36. The monoisotopic (exact) mass is 376 g/mol. The SMILES string of the molecule is CN(CCc1noc(-c2ccc(F)cc2)n1)C(=O)Nc1ccc(F)cc1F. The first-order valence-electron chi connectivity index (χ1n) is 7.98. The summed E-state index contributed by atoms with van der Waals surface area (Å²) in [6.45, 7) is 0.233. The number of aromatic nitrogens is 2. The minimum atomic E-state index is -0.862. The third kappa shape index (κ3) is 4.63. The molecular formula is C18H15F3N4O2. The standard InChI is InChI=1S/C18H15F3N4O2/c1-25(18(26)22-15-7-6-13(20)10-14(15)21)9-8-16-23-17(27-24-16)11-2-4-12(19)5-3-11/h2-7,10H,8-9H2,1H3,(H,22,26). The molecule has 0 spiro atoms. The van der Waals surface area contributed by atoms with Crippen molar-refractivity contribution in [1.29, 1.82) is 0 Å². The first-order chi connectivity index (χ1) is 12.9. The molecule has 0 saturated heterocycles. The van der Waals surface area contributed by atoms with E-state index in [0.717, 1.165) is 12.1 Å². The number of hydrogen-bond donors (Lipinski definition) is 1. The van der Waals surface area contributed by atoms with Gasteiger partial charge in [-0.25, -0.2) is 18.0 Å². The van der Waals surface area contributed by atoms with Crippen LogP contribution in [0.3, 0.4) is 0 Å². The van der Waals surface area contributed by atoms with Gasteiger partial charge in [-0.05, 0) is 36.4 Å². The van der Waals surface area contributed by atoms with Crippen LogP contribution in [-0.4, -0.2) is 34.7 Å². The van der Waals surface area contributed by atoms with E-state index in [0.29, 0.717) is 23.9 Å². The molecular weight excluding hydrogens is 361 g/mol. The fourth-order valence-electron chi connectivity index (χ4n) is 2.24. The predicted octanol–water partition coefficient (Wildman–Crippen LogP) is 3.86. The van der Waals surface area contributed by atoms with E-state index in [1.54, 1.807) is 0 Å². The van der Waals surface area contributed by atoms with Gasteiger partial charge in [-0.3, -0.25) is 0 Å². The average Bonchev–Trinajstić information content (AvgIpc) is 3.11.